The number of hydrogen-bond donors (Lipinski definition) is 0. The minimum absolute atomic E-state index is 0.0988. The number of aromatic nitrogens is 1. The smallest absolute Gasteiger partial charge is 0.0615 e. The predicted octanol–water partition coefficient (Wildman–Crippen LogP) is 10.0. The van der Waals surface area contributed by atoms with Crippen molar-refractivity contribution in [3.63, 3.8) is 0 Å². The van der Waals surface area contributed by atoms with Gasteiger partial charge in [-0.3, -0.25) is 0 Å². The van der Waals surface area contributed by atoms with Crippen molar-refractivity contribution in [1.29, 1.82) is 0 Å². The van der Waals surface area contributed by atoms with Crippen LogP contribution >= 0.6 is 38.5 Å². The van der Waals surface area contributed by atoms with Crippen LogP contribution in [0.3, 0.4) is 0 Å². The molecule has 0 aliphatic rings. The van der Waals surface area contributed by atoms with E-state index in [1.54, 1.807) is 0 Å². The lowest BCUT2D eigenvalue weighted by molar-refractivity contribution is 0.586. The Hall–Kier alpha value is -1.33. The summed E-state index contributed by atoms with van der Waals surface area (Å²) in [6, 6.07) is 18.6. The van der Waals surface area contributed by atoms with Crippen molar-refractivity contribution in [2.75, 3.05) is 0 Å². The van der Waals surface area contributed by atoms with Crippen molar-refractivity contribution in [3.05, 3.63) is 73.3 Å². The van der Waals surface area contributed by atoms with Gasteiger partial charge in [0.2, 0.25) is 0 Å². The first-order valence-electron chi connectivity index (χ1n) is 11.7. The Morgan fingerprint density at radius 3 is 1.48 bits per heavy atom. The Kier molecular flexibility index (Phi) is 6.10. The zero-order valence-corrected chi connectivity index (χ0v) is 25.1. The molecule has 0 unspecified atom stereocenters. The van der Waals surface area contributed by atoms with Gasteiger partial charge in [-0.15, -0.1) is 0 Å². The van der Waals surface area contributed by atoms with Gasteiger partial charge >= 0.3 is 0 Å². The van der Waals surface area contributed by atoms with Crippen LogP contribution in [0, 0.1) is 3.57 Å². The summed E-state index contributed by atoms with van der Waals surface area (Å²) in [5.74, 6) is 0. The summed E-state index contributed by atoms with van der Waals surface area (Å²) in [5, 5.41) is 2.65. The van der Waals surface area contributed by atoms with Crippen molar-refractivity contribution in [1.82, 2.24) is 4.57 Å². The van der Waals surface area contributed by atoms with Gasteiger partial charge in [0.15, 0.2) is 0 Å². The lowest BCUT2D eigenvalue weighted by Gasteiger charge is -2.23. The Morgan fingerprint density at radius 1 is 0.636 bits per heavy atom. The van der Waals surface area contributed by atoms with E-state index in [4.69, 9.17) is 0 Å². The molecule has 0 saturated heterocycles. The van der Waals surface area contributed by atoms with Crippen LogP contribution in [-0.2, 0) is 16.2 Å². The van der Waals surface area contributed by atoms with Crippen LogP contribution in [0.1, 0.15) is 79.0 Å². The van der Waals surface area contributed by atoms with Crippen LogP contribution in [0.25, 0.3) is 27.5 Å². The minimum atomic E-state index is 0.0988. The van der Waals surface area contributed by atoms with Crippen molar-refractivity contribution >= 4 is 60.3 Å². The maximum absolute atomic E-state index is 3.98. The second-order valence-electron chi connectivity index (χ2n) is 12.3. The van der Waals surface area contributed by atoms with E-state index in [2.05, 4.69) is 154 Å². The monoisotopic (exact) mass is 615 g/mol. The zero-order valence-electron chi connectivity index (χ0n) is 21.3. The third kappa shape index (κ3) is 4.40. The average Bonchev–Trinajstić information content (AvgIpc) is 3.01. The third-order valence-corrected chi connectivity index (χ3v) is 9.27. The molecule has 0 radical (unpaired) electrons. The van der Waals surface area contributed by atoms with Gasteiger partial charge in [0.05, 0.1) is 21.2 Å². The largest absolute Gasteiger partial charge is 0.308 e. The van der Waals surface area contributed by atoms with Gasteiger partial charge in [0, 0.05) is 14.3 Å². The van der Waals surface area contributed by atoms with E-state index in [9.17, 15) is 0 Å². The first-order chi connectivity index (χ1) is 15.1. The van der Waals surface area contributed by atoms with E-state index in [1.807, 2.05) is 0 Å². The van der Waals surface area contributed by atoms with Gasteiger partial charge in [0.1, 0.15) is 0 Å². The van der Waals surface area contributed by atoms with Crippen LogP contribution in [-0.4, -0.2) is 4.57 Å². The molecule has 0 spiro atoms. The van der Waals surface area contributed by atoms with Crippen molar-refractivity contribution in [3.8, 4) is 5.69 Å². The predicted molar refractivity (Wildman–Crippen MR) is 157 cm³/mol. The molecule has 1 aromatic heterocycles. The highest BCUT2D eigenvalue weighted by atomic mass is 127. The third-order valence-electron chi connectivity index (χ3n) is 6.61. The summed E-state index contributed by atoms with van der Waals surface area (Å²) in [6.07, 6.45) is 0. The van der Waals surface area contributed by atoms with Gasteiger partial charge in [-0.2, -0.15) is 0 Å². The molecule has 4 aromatic rings. The Morgan fingerprint density at radius 2 is 1.09 bits per heavy atom. The van der Waals surface area contributed by atoms with Gasteiger partial charge in [-0.25, -0.2) is 0 Å². The Balaban J connectivity index is 2.12. The zero-order chi connectivity index (χ0) is 24.5. The summed E-state index contributed by atoms with van der Waals surface area (Å²) >= 11 is 6.48. The maximum atomic E-state index is 3.98. The molecule has 4 rings (SSSR count). The number of rotatable bonds is 1. The molecule has 174 valence electrons. The van der Waals surface area contributed by atoms with Crippen LogP contribution in [0.5, 0.6) is 0 Å². The average molecular weight is 616 g/mol. The molecule has 0 atom stereocenters. The topological polar surface area (TPSA) is 4.93 Å². The Bertz CT molecular complexity index is 1300. The van der Waals surface area contributed by atoms with Gasteiger partial charge in [0.25, 0.3) is 0 Å². The van der Waals surface area contributed by atoms with Crippen molar-refractivity contribution < 1.29 is 0 Å². The summed E-state index contributed by atoms with van der Waals surface area (Å²) in [5.41, 5.74) is 8.11. The van der Waals surface area contributed by atoms with E-state index >= 15 is 0 Å². The van der Waals surface area contributed by atoms with Gasteiger partial charge in [-0.1, -0.05) is 80.5 Å². The molecule has 0 fully saturated rings. The van der Waals surface area contributed by atoms with Crippen LogP contribution in [0.4, 0.5) is 0 Å². The van der Waals surface area contributed by atoms with Crippen LogP contribution in [0.2, 0.25) is 0 Å². The molecule has 0 amide bonds. The molecule has 0 saturated carbocycles. The lowest BCUT2D eigenvalue weighted by atomic mass is 9.85. The minimum Gasteiger partial charge on any atom is -0.308 e. The maximum Gasteiger partial charge on any atom is 0.0615 e. The first kappa shape index (κ1) is 24.8. The number of nitrogens with zero attached hydrogens (tertiary/aromatic N) is 1. The van der Waals surface area contributed by atoms with Crippen LogP contribution in [0.15, 0.2) is 53.0 Å². The summed E-state index contributed by atoms with van der Waals surface area (Å²) in [4.78, 5) is 0. The van der Waals surface area contributed by atoms with Gasteiger partial charge in [-0.05, 0) is 102 Å². The molecule has 0 bridgehead atoms. The molecule has 1 heterocycles. The highest BCUT2D eigenvalue weighted by Gasteiger charge is 2.24. The first-order valence-corrected chi connectivity index (χ1v) is 13.6. The standard InChI is InChI=1S/C30H35BrIN/c1-28(2,3)18-10-13-23-20(16-18)21-17-19(29(4,5)6)11-14-24(21)33(23)25-15-12-22(30(7,8)9)27(32)26(25)31/h10-17H,1-9H3. The highest BCUT2D eigenvalue weighted by Crippen LogP contribution is 2.41. The van der Waals surface area contributed by atoms with E-state index in [-0.39, 0.29) is 16.2 Å². The van der Waals surface area contributed by atoms with Crippen LogP contribution < -0.4 is 0 Å². The van der Waals surface area contributed by atoms with Crippen molar-refractivity contribution in [2.45, 2.75) is 78.6 Å². The fourth-order valence-electron chi connectivity index (χ4n) is 4.51. The fourth-order valence-corrected chi connectivity index (χ4v) is 6.30. The second-order valence-corrected chi connectivity index (χ2v) is 14.2. The lowest BCUT2D eigenvalue weighted by Crippen LogP contribution is -2.14. The molecular formula is C30H35BrIN. The number of fused-ring (bicyclic) bond motifs is 3. The molecule has 33 heavy (non-hydrogen) atoms. The van der Waals surface area contributed by atoms with E-state index in [0.717, 1.165) is 4.47 Å². The summed E-state index contributed by atoms with van der Waals surface area (Å²) < 4.78 is 4.88. The molecule has 0 aliphatic heterocycles. The molecular weight excluding hydrogens is 581 g/mol. The molecule has 1 nitrogen and oxygen atoms in total. The van der Waals surface area contributed by atoms with Gasteiger partial charge < -0.3 is 4.57 Å². The SMILES string of the molecule is CC(C)(C)c1ccc2c(c1)c1cc(C(C)(C)C)ccc1n2-c1ccc(C(C)(C)C)c(I)c1Br. The van der Waals surface area contributed by atoms with E-state index < -0.39 is 0 Å². The number of halogens is 2. The fraction of sp³-hybridized carbons (Fsp3) is 0.400. The summed E-state index contributed by atoms with van der Waals surface area (Å²) in [7, 11) is 0. The molecule has 0 aliphatic carbocycles. The quantitative estimate of drug-likeness (QED) is 0.188. The van der Waals surface area contributed by atoms with Crippen molar-refractivity contribution in [2.24, 2.45) is 0 Å². The van der Waals surface area contributed by atoms with E-state index in [1.165, 1.54) is 47.8 Å². The second kappa shape index (κ2) is 8.12. The van der Waals surface area contributed by atoms with E-state index in [0.29, 0.717) is 0 Å². The number of benzene rings is 3. The normalized spacial score (nSPS) is 13.3. The number of hydrogen-bond acceptors (Lipinski definition) is 0. The Labute approximate surface area is 221 Å². The summed E-state index contributed by atoms with van der Waals surface area (Å²) in [6.45, 7) is 20.6. The molecule has 3 aromatic carbocycles. The molecule has 3 heteroatoms. The molecule has 0 N–H and O–H groups in total. The highest BCUT2D eigenvalue weighted by molar-refractivity contribution is 14.1.